The molecule has 0 aliphatic heterocycles. The summed E-state index contributed by atoms with van der Waals surface area (Å²) >= 11 is 1.82. The summed E-state index contributed by atoms with van der Waals surface area (Å²) in [7, 11) is 0. The van der Waals surface area contributed by atoms with E-state index in [1.165, 1.54) is 43.2 Å². The van der Waals surface area contributed by atoms with Crippen LogP contribution in [0.3, 0.4) is 0 Å². The first kappa shape index (κ1) is 11.5. The Kier molecular flexibility index (Phi) is 2.84. The Balaban J connectivity index is 1.56. The second-order valence-corrected chi connectivity index (χ2v) is 6.64. The van der Waals surface area contributed by atoms with Crippen LogP contribution in [0.25, 0.3) is 0 Å². The maximum atomic E-state index is 4.64. The van der Waals surface area contributed by atoms with Gasteiger partial charge in [-0.3, -0.25) is 5.10 Å². The summed E-state index contributed by atoms with van der Waals surface area (Å²) in [6.45, 7) is 0. The van der Waals surface area contributed by atoms with Crippen LogP contribution in [0.15, 0.2) is 29.4 Å². The molecule has 19 heavy (non-hydrogen) atoms. The van der Waals surface area contributed by atoms with E-state index in [2.05, 4.69) is 39.4 Å². The highest BCUT2D eigenvalue weighted by molar-refractivity contribution is 7.99. The molecule has 1 saturated carbocycles. The fourth-order valence-electron chi connectivity index (χ4n) is 2.81. The summed E-state index contributed by atoms with van der Waals surface area (Å²) in [6, 6.07) is 8.81. The van der Waals surface area contributed by atoms with Crippen molar-refractivity contribution in [1.29, 1.82) is 0 Å². The van der Waals surface area contributed by atoms with Gasteiger partial charge in [0.1, 0.15) is 5.82 Å². The molecule has 0 spiro atoms. The van der Waals surface area contributed by atoms with E-state index in [0.29, 0.717) is 11.2 Å². The lowest BCUT2D eigenvalue weighted by Crippen LogP contribution is -2.06. The van der Waals surface area contributed by atoms with Crippen LogP contribution in [-0.4, -0.2) is 15.2 Å². The van der Waals surface area contributed by atoms with Gasteiger partial charge in [-0.1, -0.05) is 36.0 Å². The number of H-pyrrole nitrogens is 1. The van der Waals surface area contributed by atoms with Crippen molar-refractivity contribution in [1.82, 2.24) is 15.2 Å². The lowest BCUT2D eigenvalue weighted by atomic mass is 9.91. The Hall–Kier alpha value is -1.29. The highest BCUT2D eigenvalue weighted by Crippen LogP contribution is 2.43. The van der Waals surface area contributed by atoms with Crippen LogP contribution in [0.1, 0.15) is 53.8 Å². The largest absolute Gasteiger partial charge is 0.262 e. The fraction of sp³-hybridized carbons (Fsp3) is 0.467. The van der Waals surface area contributed by atoms with E-state index in [9.17, 15) is 0 Å². The summed E-state index contributed by atoms with van der Waals surface area (Å²) in [4.78, 5) is 4.64. The summed E-state index contributed by atoms with van der Waals surface area (Å²) in [5, 5.41) is 8.91. The Bertz CT molecular complexity index is 589. The Labute approximate surface area is 117 Å². The average molecular weight is 271 g/mol. The maximum absolute atomic E-state index is 4.64. The number of fused-ring (bicyclic) bond motifs is 1. The number of aromatic nitrogens is 3. The maximum Gasteiger partial charge on any atom is 0.209 e. The van der Waals surface area contributed by atoms with Crippen LogP contribution < -0.4 is 0 Å². The Morgan fingerprint density at radius 3 is 2.95 bits per heavy atom. The van der Waals surface area contributed by atoms with Crippen LogP contribution in [0, 0.1) is 0 Å². The monoisotopic (exact) mass is 271 g/mol. The van der Waals surface area contributed by atoms with Crippen molar-refractivity contribution in [3.63, 3.8) is 0 Å². The number of nitrogens with zero attached hydrogens (tertiary/aromatic N) is 2. The smallest absolute Gasteiger partial charge is 0.209 e. The molecule has 4 rings (SSSR count). The van der Waals surface area contributed by atoms with Gasteiger partial charge in [0.2, 0.25) is 5.16 Å². The quantitative estimate of drug-likeness (QED) is 0.922. The molecule has 0 radical (unpaired) electrons. The molecular weight excluding hydrogens is 254 g/mol. The number of aryl methyl sites for hydroxylation is 1. The van der Waals surface area contributed by atoms with Gasteiger partial charge in [0.15, 0.2) is 0 Å². The van der Waals surface area contributed by atoms with Crippen LogP contribution in [0.4, 0.5) is 0 Å². The molecular formula is C15H17N3S. The molecule has 98 valence electrons. The van der Waals surface area contributed by atoms with Crippen molar-refractivity contribution in [3.05, 3.63) is 41.2 Å². The van der Waals surface area contributed by atoms with E-state index < -0.39 is 0 Å². The second-order valence-electron chi connectivity index (χ2n) is 5.48. The Morgan fingerprint density at radius 2 is 2.05 bits per heavy atom. The number of hydrogen-bond donors (Lipinski definition) is 1. The fourth-order valence-corrected chi connectivity index (χ4v) is 3.95. The molecule has 2 aromatic rings. The molecule has 0 amide bonds. The topological polar surface area (TPSA) is 41.6 Å². The molecule has 3 nitrogen and oxygen atoms in total. The van der Waals surface area contributed by atoms with Crippen LogP contribution in [0.5, 0.6) is 0 Å². The highest BCUT2D eigenvalue weighted by Gasteiger charge is 2.28. The molecule has 4 heteroatoms. The van der Waals surface area contributed by atoms with Gasteiger partial charge in [-0.25, -0.2) is 4.98 Å². The number of thioether (sulfide) groups is 1. The molecule has 2 aliphatic carbocycles. The van der Waals surface area contributed by atoms with E-state index in [0.717, 1.165) is 11.0 Å². The lowest BCUT2D eigenvalue weighted by molar-refractivity contribution is 0.672. The first-order valence-electron chi connectivity index (χ1n) is 7.07. The van der Waals surface area contributed by atoms with Crippen molar-refractivity contribution in [2.45, 2.75) is 48.4 Å². The number of rotatable bonds is 3. The van der Waals surface area contributed by atoms with Crippen molar-refractivity contribution in [2.24, 2.45) is 0 Å². The molecule has 1 N–H and O–H groups in total. The van der Waals surface area contributed by atoms with E-state index in [1.54, 1.807) is 0 Å². The van der Waals surface area contributed by atoms with Crippen LogP contribution in [-0.2, 0) is 6.42 Å². The molecule has 2 aliphatic rings. The molecule has 1 fully saturated rings. The first-order valence-corrected chi connectivity index (χ1v) is 7.95. The highest BCUT2D eigenvalue weighted by atomic mass is 32.2. The zero-order chi connectivity index (χ0) is 12.7. The Morgan fingerprint density at radius 1 is 1.16 bits per heavy atom. The molecule has 1 unspecified atom stereocenters. The van der Waals surface area contributed by atoms with Gasteiger partial charge in [0, 0.05) is 11.2 Å². The summed E-state index contributed by atoms with van der Waals surface area (Å²) in [5.74, 6) is 1.74. The van der Waals surface area contributed by atoms with E-state index >= 15 is 0 Å². The second kappa shape index (κ2) is 4.67. The molecule has 0 saturated heterocycles. The molecule has 1 aromatic carbocycles. The van der Waals surface area contributed by atoms with Gasteiger partial charge in [-0.15, -0.1) is 5.10 Å². The van der Waals surface area contributed by atoms with Crippen molar-refractivity contribution in [3.8, 4) is 0 Å². The first-order chi connectivity index (χ1) is 9.40. The van der Waals surface area contributed by atoms with E-state index in [-0.39, 0.29) is 0 Å². The van der Waals surface area contributed by atoms with Crippen molar-refractivity contribution in [2.75, 3.05) is 0 Å². The van der Waals surface area contributed by atoms with Gasteiger partial charge in [0.05, 0.1) is 0 Å². The number of nitrogens with one attached hydrogen (secondary N) is 1. The van der Waals surface area contributed by atoms with Gasteiger partial charge >= 0.3 is 0 Å². The normalized spacial score (nSPS) is 22.2. The van der Waals surface area contributed by atoms with Crippen molar-refractivity contribution >= 4 is 11.8 Å². The molecule has 1 heterocycles. The van der Waals surface area contributed by atoms with Gasteiger partial charge in [-0.2, -0.15) is 0 Å². The standard InChI is InChI=1S/C15H17N3S/c1-2-6-12-10(4-1)5-3-7-13(12)19-15-16-14(17-18-15)11-8-9-11/h1-2,4,6,11,13H,3,5,7-9H2,(H,16,17,18). The van der Waals surface area contributed by atoms with Crippen LogP contribution >= 0.6 is 11.8 Å². The van der Waals surface area contributed by atoms with Crippen LogP contribution in [0.2, 0.25) is 0 Å². The molecule has 0 bridgehead atoms. The van der Waals surface area contributed by atoms with E-state index in [1.807, 2.05) is 11.8 Å². The summed E-state index contributed by atoms with van der Waals surface area (Å²) < 4.78 is 0. The minimum atomic E-state index is 0.521. The summed E-state index contributed by atoms with van der Waals surface area (Å²) in [5.41, 5.74) is 2.99. The number of aromatic amines is 1. The third kappa shape index (κ3) is 2.29. The average Bonchev–Trinajstić information content (AvgIpc) is 3.20. The molecule has 1 atom stereocenters. The number of hydrogen-bond acceptors (Lipinski definition) is 3. The van der Waals surface area contributed by atoms with Gasteiger partial charge in [-0.05, 0) is 43.2 Å². The molecule has 1 aromatic heterocycles. The predicted octanol–water partition coefficient (Wildman–Crippen LogP) is 3.85. The predicted molar refractivity (Wildman–Crippen MR) is 76.3 cm³/mol. The van der Waals surface area contributed by atoms with Crippen molar-refractivity contribution < 1.29 is 0 Å². The lowest BCUT2D eigenvalue weighted by Gasteiger charge is -2.23. The minimum absolute atomic E-state index is 0.521. The third-order valence-electron chi connectivity index (χ3n) is 4.01. The zero-order valence-corrected chi connectivity index (χ0v) is 11.6. The zero-order valence-electron chi connectivity index (χ0n) is 10.8. The third-order valence-corrected chi connectivity index (χ3v) is 5.18. The minimum Gasteiger partial charge on any atom is -0.262 e. The van der Waals surface area contributed by atoms with E-state index in [4.69, 9.17) is 0 Å². The number of benzene rings is 1. The SMILES string of the molecule is c1ccc2c(c1)CCCC2Sc1n[nH]c(C2CC2)n1. The van der Waals surface area contributed by atoms with Gasteiger partial charge < -0.3 is 0 Å². The van der Waals surface area contributed by atoms with Gasteiger partial charge in [0.25, 0.3) is 0 Å². The summed E-state index contributed by atoms with van der Waals surface area (Å²) in [6.07, 6.45) is 6.26.